The van der Waals surface area contributed by atoms with Crippen molar-refractivity contribution in [2.24, 2.45) is 5.41 Å². The number of carbonyl (C=O) groups is 1. The fourth-order valence-electron chi connectivity index (χ4n) is 4.27. The van der Waals surface area contributed by atoms with Gasteiger partial charge in [-0.3, -0.25) is 9.78 Å². The Bertz CT molecular complexity index is 1050. The number of benzene rings is 2. The molecule has 176 valence electrons. The van der Waals surface area contributed by atoms with Crippen molar-refractivity contribution in [3.8, 4) is 5.75 Å². The zero-order valence-electron chi connectivity index (χ0n) is 20.0. The molecule has 0 aliphatic rings. The Morgan fingerprint density at radius 2 is 1.85 bits per heavy atom. The van der Waals surface area contributed by atoms with E-state index in [1.807, 2.05) is 24.3 Å². The first kappa shape index (κ1) is 24.7. The van der Waals surface area contributed by atoms with E-state index in [0.29, 0.717) is 12.2 Å². The van der Waals surface area contributed by atoms with Gasteiger partial charge in [0.2, 0.25) is 0 Å². The Balaban J connectivity index is 1.46. The van der Waals surface area contributed by atoms with Gasteiger partial charge in [-0.2, -0.15) is 0 Å². The van der Waals surface area contributed by atoms with Crippen LogP contribution in [0.25, 0.3) is 10.9 Å². The van der Waals surface area contributed by atoms with Crippen LogP contribution in [-0.4, -0.2) is 35.3 Å². The molecule has 3 aromatic rings. The fraction of sp³-hybridized carbons (Fsp3) is 0.429. The van der Waals surface area contributed by atoms with Crippen molar-refractivity contribution in [1.82, 2.24) is 10.3 Å². The van der Waals surface area contributed by atoms with Crippen LogP contribution in [0.4, 0.5) is 0 Å². The van der Waals surface area contributed by atoms with Crippen molar-refractivity contribution in [3.63, 3.8) is 0 Å². The monoisotopic (exact) mass is 448 g/mol. The Hall–Kier alpha value is -2.92. The topological polar surface area (TPSA) is 71.5 Å². The third kappa shape index (κ3) is 7.03. The van der Waals surface area contributed by atoms with Crippen LogP contribution in [0.5, 0.6) is 5.75 Å². The van der Waals surface area contributed by atoms with Crippen molar-refractivity contribution in [2.45, 2.75) is 59.0 Å². The van der Waals surface area contributed by atoms with Gasteiger partial charge >= 0.3 is 0 Å². The van der Waals surface area contributed by atoms with Crippen LogP contribution >= 0.6 is 0 Å². The standard InChI is InChI=1S/C28H36N2O3/c1-4-21-10-6-7-11-22(21)15-16-28(3,5-2)18-24(31)19-30-26(32)20-33-25-14-8-12-23-13-9-17-29-27(23)25/h6-14,17,24,31H,4-5,15-16,18-20H2,1-3H3,(H,30,32). The van der Waals surface area contributed by atoms with Gasteiger partial charge in [-0.25, -0.2) is 0 Å². The van der Waals surface area contributed by atoms with Crippen molar-refractivity contribution in [3.05, 3.63) is 71.9 Å². The lowest BCUT2D eigenvalue weighted by Gasteiger charge is -2.31. The van der Waals surface area contributed by atoms with Gasteiger partial charge in [0.25, 0.3) is 5.91 Å². The van der Waals surface area contributed by atoms with E-state index in [9.17, 15) is 9.90 Å². The fourth-order valence-corrected chi connectivity index (χ4v) is 4.27. The summed E-state index contributed by atoms with van der Waals surface area (Å²) >= 11 is 0. The molecule has 3 rings (SSSR count). The van der Waals surface area contributed by atoms with Crippen molar-refractivity contribution in [1.29, 1.82) is 0 Å². The number of aromatic nitrogens is 1. The minimum Gasteiger partial charge on any atom is -0.481 e. The number of hydrogen-bond donors (Lipinski definition) is 2. The number of rotatable bonds is 12. The van der Waals surface area contributed by atoms with Gasteiger partial charge in [0.15, 0.2) is 6.61 Å². The summed E-state index contributed by atoms with van der Waals surface area (Å²) in [7, 11) is 0. The van der Waals surface area contributed by atoms with Gasteiger partial charge < -0.3 is 15.2 Å². The zero-order valence-corrected chi connectivity index (χ0v) is 20.0. The van der Waals surface area contributed by atoms with Crippen LogP contribution in [0, 0.1) is 5.41 Å². The smallest absolute Gasteiger partial charge is 0.258 e. The molecule has 2 unspecified atom stereocenters. The van der Waals surface area contributed by atoms with Gasteiger partial charge in [0.1, 0.15) is 11.3 Å². The number of pyridine rings is 1. The molecule has 0 aliphatic heterocycles. The summed E-state index contributed by atoms with van der Waals surface area (Å²) in [6.45, 7) is 6.69. The van der Waals surface area contributed by atoms with Gasteiger partial charge in [-0.1, -0.05) is 69.7 Å². The van der Waals surface area contributed by atoms with E-state index in [2.05, 4.69) is 55.3 Å². The molecular weight excluding hydrogens is 412 g/mol. The molecular formula is C28H36N2O3. The van der Waals surface area contributed by atoms with Crippen molar-refractivity contribution < 1.29 is 14.6 Å². The van der Waals surface area contributed by atoms with Crippen molar-refractivity contribution >= 4 is 16.8 Å². The Morgan fingerprint density at radius 1 is 1.09 bits per heavy atom. The first-order valence-corrected chi connectivity index (χ1v) is 11.9. The highest BCUT2D eigenvalue weighted by molar-refractivity contribution is 5.85. The summed E-state index contributed by atoms with van der Waals surface area (Å²) in [5, 5.41) is 14.4. The van der Waals surface area contributed by atoms with Gasteiger partial charge in [-0.15, -0.1) is 0 Å². The number of aliphatic hydroxyl groups excluding tert-OH is 1. The highest BCUT2D eigenvalue weighted by Crippen LogP contribution is 2.33. The second-order valence-corrected chi connectivity index (χ2v) is 9.07. The molecule has 5 heteroatoms. The highest BCUT2D eigenvalue weighted by atomic mass is 16.5. The number of carbonyl (C=O) groups excluding carboxylic acids is 1. The normalized spacial score (nSPS) is 13.9. The molecule has 1 heterocycles. The number of fused-ring (bicyclic) bond motifs is 1. The number of ether oxygens (including phenoxy) is 1. The van der Waals surface area contributed by atoms with E-state index >= 15 is 0 Å². The van der Waals surface area contributed by atoms with Gasteiger partial charge in [0, 0.05) is 18.1 Å². The van der Waals surface area contributed by atoms with E-state index in [1.165, 1.54) is 11.1 Å². The van der Waals surface area contributed by atoms with Crippen LogP contribution in [0.1, 0.15) is 51.2 Å². The molecule has 0 fully saturated rings. The van der Waals surface area contributed by atoms with E-state index < -0.39 is 6.10 Å². The van der Waals surface area contributed by atoms with Crippen LogP contribution in [0.3, 0.4) is 0 Å². The average molecular weight is 449 g/mol. The molecule has 0 saturated carbocycles. The maximum atomic E-state index is 12.3. The Morgan fingerprint density at radius 3 is 2.61 bits per heavy atom. The minimum absolute atomic E-state index is 0.0100. The second kappa shape index (κ2) is 11.8. The summed E-state index contributed by atoms with van der Waals surface area (Å²) in [6, 6.07) is 18.1. The molecule has 0 radical (unpaired) electrons. The summed E-state index contributed by atoms with van der Waals surface area (Å²) in [5.41, 5.74) is 3.53. The number of aliphatic hydroxyl groups is 1. The number of hydrogen-bond acceptors (Lipinski definition) is 4. The van der Waals surface area contributed by atoms with E-state index in [0.717, 1.165) is 36.6 Å². The first-order chi connectivity index (χ1) is 15.9. The van der Waals surface area contributed by atoms with Crippen LogP contribution in [0.15, 0.2) is 60.8 Å². The first-order valence-electron chi connectivity index (χ1n) is 11.9. The lowest BCUT2D eigenvalue weighted by Crippen LogP contribution is -2.37. The lowest BCUT2D eigenvalue weighted by molar-refractivity contribution is -0.123. The van der Waals surface area contributed by atoms with Crippen LogP contribution in [0.2, 0.25) is 0 Å². The molecule has 1 aromatic heterocycles. The molecule has 0 bridgehead atoms. The molecule has 2 N–H and O–H groups in total. The lowest BCUT2D eigenvalue weighted by atomic mass is 9.76. The molecule has 33 heavy (non-hydrogen) atoms. The molecule has 2 aromatic carbocycles. The number of aryl methyl sites for hydroxylation is 2. The number of nitrogens with zero attached hydrogens (tertiary/aromatic N) is 1. The number of amides is 1. The molecule has 0 spiro atoms. The summed E-state index contributed by atoms with van der Waals surface area (Å²) in [6.07, 6.45) is 5.76. The summed E-state index contributed by atoms with van der Waals surface area (Å²) in [4.78, 5) is 16.6. The van der Waals surface area contributed by atoms with E-state index in [4.69, 9.17) is 4.74 Å². The highest BCUT2D eigenvalue weighted by Gasteiger charge is 2.26. The van der Waals surface area contributed by atoms with Crippen LogP contribution < -0.4 is 10.1 Å². The maximum absolute atomic E-state index is 12.3. The second-order valence-electron chi connectivity index (χ2n) is 9.07. The number of para-hydroxylation sites is 1. The third-order valence-corrected chi connectivity index (χ3v) is 6.57. The molecule has 1 amide bonds. The minimum atomic E-state index is -0.598. The predicted octanol–water partition coefficient (Wildman–Crippen LogP) is 5.09. The largest absolute Gasteiger partial charge is 0.481 e. The molecule has 0 saturated heterocycles. The zero-order chi connectivity index (χ0) is 23.7. The average Bonchev–Trinajstić information content (AvgIpc) is 2.85. The van der Waals surface area contributed by atoms with Crippen LogP contribution in [-0.2, 0) is 17.6 Å². The van der Waals surface area contributed by atoms with Gasteiger partial charge in [0.05, 0.1) is 6.10 Å². The summed E-state index contributed by atoms with van der Waals surface area (Å²) < 4.78 is 5.69. The van der Waals surface area contributed by atoms with Gasteiger partial charge in [-0.05, 0) is 54.4 Å². The Labute approximate surface area is 197 Å². The third-order valence-electron chi connectivity index (χ3n) is 6.57. The van der Waals surface area contributed by atoms with E-state index in [-0.39, 0.29) is 24.5 Å². The Kier molecular flexibility index (Phi) is 8.84. The maximum Gasteiger partial charge on any atom is 0.258 e. The summed E-state index contributed by atoms with van der Waals surface area (Å²) in [5.74, 6) is 0.326. The molecule has 0 aliphatic carbocycles. The van der Waals surface area contributed by atoms with E-state index in [1.54, 1.807) is 12.3 Å². The molecule has 2 atom stereocenters. The SMILES string of the molecule is CCc1ccccc1CCC(C)(CC)CC(O)CNC(=O)COc1cccc2cccnc12. The molecule has 5 nitrogen and oxygen atoms in total. The predicted molar refractivity (Wildman–Crippen MR) is 133 cm³/mol. The van der Waals surface area contributed by atoms with Crippen molar-refractivity contribution in [2.75, 3.05) is 13.2 Å². The quantitative estimate of drug-likeness (QED) is 0.405. The number of nitrogens with one attached hydrogen (secondary N) is 1.